The second-order valence-electron chi connectivity index (χ2n) is 4.17. The molecule has 0 atom stereocenters. The number of nitrogens with zero attached hydrogens (tertiary/aromatic N) is 3. The fourth-order valence-electron chi connectivity index (χ4n) is 1.88. The van der Waals surface area contributed by atoms with Crippen LogP contribution in [0.4, 0.5) is 14.6 Å². The maximum atomic E-state index is 13.7. The van der Waals surface area contributed by atoms with Gasteiger partial charge in [0.25, 0.3) is 0 Å². The maximum Gasteiger partial charge on any atom is 0.183 e. The number of nitrogens with two attached hydrogens (primary N) is 1. The fraction of sp³-hybridized carbons (Fsp3) is 0.0833. The quantitative estimate of drug-likeness (QED) is 0.703. The second kappa shape index (κ2) is 3.98. The minimum absolute atomic E-state index is 0.173. The molecule has 0 radical (unpaired) electrons. The summed E-state index contributed by atoms with van der Waals surface area (Å²) in [4.78, 5) is 7.65. The zero-order valence-electron chi connectivity index (χ0n) is 9.91. The lowest BCUT2D eigenvalue weighted by molar-refractivity contribution is 0.620. The molecule has 3 rings (SSSR count). The minimum Gasteiger partial charge on any atom is -0.381 e. The Hall–Kier alpha value is -2.57. The monoisotopic (exact) mass is 261 g/mol. The Bertz CT molecular complexity index is 781. The average molecular weight is 261 g/mol. The molecule has 96 valence electrons. The van der Waals surface area contributed by atoms with Gasteiger partial charge in [-0.1, -0.05) is 0 Å². The van der Waals surface area contributed by atoms with Gasteiger partial charge in [0, 0.05) is 5.39 Å². The molecule has 5 nitrogen and oxygen atoms in total. The molecule has 0 amide bonds. The Morgan fingerprint density at radius 2 is 2.00 bits per heavy atom. The van der Waals surface area contributed by atoms with Gasteiger partial charge in [0.15, 0.2) is 23.3 Å². The lowest BCUT2D eigenvalue weighted by atomic mass is 10.1. The van der Waals surface area contributed by atoms with E-state index in [4.69, 9.17) is 5.73 Å². The van der Waals surface area contributed by atoms with Gasteiger partial charge in [0.05, 0.1) is 6.20 Å². The summed E-state index contributed by atoms with van der Waals surface area (Å²) < 4.78 is 26.8. The molecule has 0 unspecified atom stereocenters. The molecule has 0 fully saturated rings. The van der Waals surface area contributed by atoms with Crippen LogP contribution in [0.25, 0.3) is 22.4 Å². The van der Waals surface area contributed by atoms with E-state index in [0.717, 1.165) is 11.8 Å². The van der Waals surface area contributed by atoms with Crippen LogP contribution in [0.1, 0.15) is 5.56 Å². The van der Waals surface area contributed by atoms with Crippen LogP contribution in [0, 0.1) is 18.6 Å². The second-order valence-corrected chi connectivity index (χ2v) is 4.17. The van der Waals surface area contributed by atoms with Crippen molar-refractivity contribution in [2.45, 2.75) is 6.92 Å². The van der Waals surface area contributed by atoms with Crippen molar-refractivity contribution in [3.63, 3.8) is 0 Å². The Kier molecular flexibility index (Phi) is 2.41. The molecule has 7 heteroatoms. The predicted octanol–water partition coefficient (Wildman–Crippen LogP) is 2.19. The summed E-state index contributed by atoms with van der Waals surface area (Å²) in [5, 5.41) is 7.06. The Balaban J connectivity index is 2.28. The molecule has 19 heavy (non-hydrogen) atoms. The highest BCUT2D eigenvalue weighted by Gasteiger charge is 2.15. The number of nitrogen functional groups attached to an aromatic ring is 1. The van der Waals surface area contributed by atoms with Crippen molar-refractivity contribution in [2.24, 2.45) is 0 Å². The van der Waals surface area contributed by atoms with Gasteiger partial charge in [0.1, 0.15) is 11.2 Å². The Labute approximate surface area is 106 Å². The first-order valence-electron chi connectivity index (χ1n) is 5.49. The van der Waals surface area contributed by atoms with Gasteiger partial charge in [-0.25, -0.2) is 18.7 Å². The number of aromatic nitrogens is 4. The van der Waals surface area contributed by atoms with E-state index >= 15 is 0 Å². The van der Waals surface area contributed by atoms with Gasteiger partial charge >= 0.3 is 0 Å². The first-order valence-corrected chi connectivity index (χ1v) is 5.49. The number of nitrogens with one attached hydrogen (secondary N) is 1. The summed E-state index contributed by atoms with van der Waals surface area (Å²) in [5.74, 6) is -1.23. The van der Waals surface area contributed by atoms with Crippen molar-refractivity contribution in [3.8, 4) is 11.5 Å². The van der Waals surface area contributed by atoms with E-state index in [0.29, 0.717) is 11.1 Å². The highest BCUT2D eigenvalue weighted by atomic mass is 19.1. The van der Waals surface area contributed by atoms with Crippen molar-refractivity contribution in [1.29, 1.82) is 0 Å². The lowest BCUT2D eigenvalue weighted by Gasteiger charge is -2.00. The third-order valence-electron chi connectivity index (χ3n) is 2.75. The maximum absolute atomic E-state index is 13.7. The van der Waals surface area contributed by atoms with Crippen LogP contribution in [0.3, 0.4) is 0 Å². The van der Waals surface area contributed by atoms with E-state index in [2.05, 4.69) is 20.2 Å². The topological polar surface area (TPSA) is 80.5 Å². The van der Waals surface area contributed by atoms with Crippen molar-refractivity contribution in [2.75, 3.05) is 5.73 Å². The average Bonchev–Trinajstić information content (AvgIpc) is 2.76. The van der Waals surface area contributed by atoms with Crippen molar-refractivity contribution in [1.82, 2.24) is 20.2 Å². The molecule has 1 aromatic carbocycles. The van der Waals surface area contributed by atoms with E-state index in [1.165, 1.54) is 6.07 Å². The summed E-state index contributed by atoms with van der Waals surface area (Å²) in [6.45, 7) is 1.76. The standard InChI is InChI=1S/C12H9F2N5/c1-5-2-6-9(7(13)3-5)18-19-10(6)12-16-4-8(14)11(15)17-12/h2-4H,1H3,(H,18,19)(H2,15,16,17). The predicted molar refractivity (Wildman–Crippen MR) is 66.2 cm³/mol. The molecule has 0 spiro atoms. The number of aromatic amines is 1. The van der Waals surface area contributed by atoms with Crippen LogP contribution in [0.2, 0.25) is 0 Å². The van der Waals surface area contributed by atoms with Crippen molar-refractivity contribution >= 4 is 16.7 Å². The number of anilines is 1. The Morgan fingerprint density at radius 1 is 1.21 bits per heavy atom. The van der Waals surface area contributed by atoms with Crippen molar-refractivity contribution < 1.29 is 8.78 Å². The SMILES string of the molecule is Cc1cc(F)c2n[nH]c(-c3ncc(F)c(N)n3)c2c1. The van der Waals surface area contributed by atoms with Gasteiger partial charge in [-0.3, -0.25) is 5.10 Å². The van der Waals surface area contributed by atoms with Gasteiger partial charge < -0.3 is 5.73 Å². The molecule has 0 bridgehead atoms. The van der Waals surface area contributed by atoms with Crippen LogP contribution in [0.5, 0.6) is 0 Å². The number of hydrogen-bond donors (Lipinski definition) is 2. The first kappa shape index (κ1) is 11.5. The van der Waals surface area contributed by atoms with Crippen LogP contribution in [-0.4, -0.2) is 20.2 Å². The van der Waals surface area contributed by atoms with E-state index in [1.807, 2.05) is 0 Å². The summed E-state index contributed by atoms with van der Waals surface area (Å²) >= 11 is 0. The van der Waals surface area contributed by atoms with Crippen LogP contribution >= 0.6 is 0 Å². The molecule has 3 N–H and O–H groups in total. The van der Waals surface area contributed by atoms with E-state index in [1.54, 1.807) is 13.0 Å². The fourth-order valence-corrected chi connectivity index (χ4v) is 1.88. The van der Waals surface area contributed by atoms with Gasteiger partial charge in [-0.05, 0) is 24.6 Å². The molecule has 3 aromatic rings. The highest BCUT2D eigenvalue weighted by molar-refractivity contribution is 5.92. The number of hydrogen-bond acceptors (Lipinski definition) is 4. The number of rotatable bonds is 1. The zero-order chi connectivity index (χ0) is 13.6. The van der Waals surface area contributed by atoms with E-state index < -0.39 is 11.6 Å². The number of halogens is 2. The van der Waals surface area contributed by atoms with Gasteiger partial charge in [-0.2, -0.15) is 5.10 Å². The van der Waals surface area contributed by atoms with Gasteiger partial charge in [0.2, 0.25) is 0 Å². The van der Waals surface area contributed by atoms with E-state index in [-0.39, 0.29) is 17.2 Å². The van der Waals surface area contributed by atoms with Crippen molar-refractivity contribution in [3.05, 3.63) is 35.5 Å². The summed E-state index contributed by atoms with van der Waals surface area (Å²) in [6.07, 6.45) is 0.969. The third-order valence-corrected chi connectivity index (χ3v) is 2.75. The molecular weight excluding hydrogens is 252 g/mol. The highest BCUT2D eigenvalue weighted by Crippen LogP contribution is 2.27. The molecule has 2 aromatic heterocycles. The van der Waals surface area contributed by atoms with Crippen LogP contribution in [0.15, 0.2) is 18.3 Å². The number of aryl methyl sites for hydroxylation is 1. The molecule has 0 saturated carbocycles. The molecular formula is C12H9F2N5. The lowest BCUT2D eigenvalue weighted by Crippen LogP contribution is -1.99. The molecule has 0 saturated heterocycles. The molecule has 2 heterocycles. The molecule has 0 aliphatic rings. The largest absolute Gasteiger partial charge is 0.381 e. The first-order chi connectivity index (χ1) is 9.06. The van der Waals surface area contributed by atoms with Crippen LogP contribution < -0.4 is 5.73 Å². The smallest absolute Gasteiger partial charge is 0.183 e. The number of benzene rings is 1. The molecule has 0 aliphatic carbocycles. The Morgan fingerprint density at radius 3 is 2.74 bits per heavy atom. The summed E-state index contributed by atoms with van der Waals surface area (Å²) in [7, 11) is 0. The summed E-state index contributed by atoms with van der Waals surface area (Å²) in [5.41, 5.74) is 6.73. The number of fused-ring (bicyclic) bond motifs is 1. The van der Waals surface area contributed by atoms with Gasteiger partial charge in [-0.15, -0.1) is 0 Å². The normalized spacial score (nSPS) is 11.1. The summed E-state index contributed by atoms with van der Waals surface area (Å²) in [6, 6.07) is 3.13. The minimum atomic E-state index is -0.699. The third kappa shape index (κ3) is 1.79. The number of H-pyrrole nitrogens is 1. The van der Waals surface area contributed by atoms with Crippen LogP contribution in [-0.2, 0) is 0 Å². The molecule has 0 aliphatic heterocycles. The van der Waals surface area contributed by atoms with E-state index in [9.17, 15) is 8.78 Å². The zero-order valence-corrected chi connectivity index (χ0v) is 9.91.